The maximum atomic E-state index is 13.0. The monoisotopic (exact) mass is 443 g/mol. The molecule has 9 heteroatoms. The molecule has 1 N–H and O–H groups in total. The molecule has 0 spiro atoms. The van der Waals surface area contributed by atoms with E-state index in [-0.39, 0.29) is 19.4 Å². The second kappa shape index (κ2) is 9.28. The van der Waals surface area contributed by atoms with E-state index in [4.69, 9.17) is 30.5 Å². The van der Waals surface area contributed by atoms with Crippen LogP contribution in [0.3, 0.4) is 0 Å². The van der Waals surface area contributed by atoms with E-state index in [9.17, 15) is 4.79 Å². The lowest BCUT2D eigenvalue weighted by molar-refractivity contribution is 0.153. The molecule has 1 aromatic heterocycles. The number of methoxy groups -OCH3 is 2. The zero-order valence-corrected chi connectivity index (χ0v) is 17.9. The van der Waals surface area contributed by atoms with Crippen LogP contribution in [-0.2, 0) is 11.3 Å². The number of pyridine rings is 1. The molecule has 1 aliphatic heterocycles. The zero-order chi connectivity index (χ0) is 21.8. The van der Waals surface area contributed by atoms with Crippen LogP contribution in [0.15, 0.2) is 42.5 Å². The van der Waals surface area contributed by atoms with Gasteiger partial charge in [-0.1, -0.05) is 17.7 Å². The number of ether oxygens (including phenoxy) is 4. The summed E-state index contributed by atoms with van der Waals surface area (Å²) in [4.78, 5) is 19.1. The Morgan fingerprint density at radius 2 is 2.00 bits per heavy atom. The Labute approximate surface area is 184 Å². The first-order valence-corrected chi connectivity index (χ1v) is 10.0. The van der Waals surface area contributed by atoms with Gasteiger partial charge in [0.15, 0.2) is 11.5 Å². The first kappa shape index (κ1) is 21.0. The van der Waals surface area contributed by atoms with Gasteiger partial charge in [-0.3, -0.25) is 0 Å². The molecule has 0 radical (unpaired) electrons. The number of aromatic nitrogens is 1. The van der Waals surface area contributed by atoms with E-state index in [0.29, 0.717) is 52.3 Å². The van der Waals surface area contributed by atoms with E-state index in [1.165, 1.54) is 0 Å². The summed E-state index contributed by atoms with van der Waals surface area (Å²) < 4.78 is 21.2. The number of halogens is 1. The van der Waals surface area contributed by atoms with Crippen LogP contribution in [0, 0.1) is 0 Å². The second-order valence-electron chi connectivity index (χ2n) is 6.91. The summed E-state index contributed by atoms with van der Waals surface area (Å²) in [5.74, 6) is 1.96. The van der Waals surface area contributed by atoms with Gasteiger partial charge in [0.05, 0.1) is 25.8 Å². The van der Waals surface area contributed by atoms with Crippen molar-refractivity contribution in [3.8, 4) is 17.2 Å². The van der Waals surface area contributed by atoms with E-state index < -0.39 is 0 Å². The number of nitrogens with one attached hydrogen (secondary N) is 1. The van der Waals surface area contributed by atoms with Crippen molar-refractivity contribution in [3.05, 3.63) is 53.2 Å². The van der Waals surface area contributed by atoms with Crippen LogP contribution in [0.1, 0.15) is 5.56 Å². The highest BCUT2D eigenvalue weighted by Gasteiger charge is 2.19. The van der Waals surface area contributed by atoms with Crippen molar-refractivity contribution in [1.29, 1.82) is 0 Å². The predicted molar refractivity (Wildman–Crippen MR) is 117 cm³/mol. The van der Waals surface area contributed by atoms with E-state index >= 15 is 0 Å². The second-order valence-corrected chi connectivity index (χ2v) is 7.27. The minimum Gasteiger partial charge on any atom is -0.497 e. The van der Waals surface area contributed by atoms with Gasteiger partial charge < -0.3 is 29.2 Å². The number of nitrogens with zero attached hydrogens (tertiary/aromatic N) is 2. The van der Waals surface area contributed by atoms with Crippen molar-refractivity contribution < 1.29 is 23.7 Å². The molecule has 2 aromatic carbocycles. The molecule has 0 bridgehead atoms. The number of benzene rings is 2. The molecule has 0 saturated heterocycles. The molecule has 0 atom stereocenters. The number of fused-ring (bicyclic) bond motifs is 2. The lowest BCUT2D eigenvalue weighted by atomic mass is 10.1. The molecule has 1 aliphatic rings. The van der Waals surface area contributed by atoms with Gasteiger partial charge in [-0.15, -0.1) is 0 Å². The SMILES string of the molecule is COCCN(Cc1cc2cc3c(cc2nc1Cl)OCO3)C(=O)Nc1cccc(OC)c1. The van der Waals surface area contributed by atoms with Crippen molar-refractivity contribution in [2.75, 3.05) is 39.5 Å². The van der Waals surface area contributed by atoms with Crippen LogP contribution in [0.25, 0.3) is 10.9 Å². The number of hydrogen-bond donors (Lipinski definition) is 1. The van der Waals surface area contributed by atoms with E-state index in [1.54, 1.807) is 37.3 Å². The number of rotatable bonds is 7. The fourth-order valence-electron chi connectivity index (χ4n) is 3.26. The maximum Gasteiger partial charge on any atom is 0.322 e. The Kier molecular flexibility index (Phi) is 6.29. The van der Waals surface area contributed by atoms with Crippen LogP contribution in [-0.4, -0.2) is 50.1 Å². The summed E-state index contributed by atoms with van der Waals surface area (Å²) in [6.45, 7) is 1.20. The first-order chi connectivity index (χ1) is 15.1. The quantitative estimate of drug-likeness (QED) is 0.548. The third-order valence-corrected chi connectivity index (χ3v) is 5.20. The molecule has 2 amide bonds. The number of anilines is 1. The van der Waals surface area contributed by atoms with Gasteiger partial charge in [-0.2, -0.15) is 0 Å². The Bertz CT molecular complexity index is 1110. The summed E-state index contributed by atoms with van der Waals surface area (Å²) in [6.07, 6.45) is 0. The van der Waals surface area contributed by atoms with Crippen LogP contribution < -0.4 is 19.5 Å². The Morgan fingerprint density at radius 3 is 2.77 bits per heavy atom. The minimum atomic E-state index is -0.285. The number of urea groups is 1. The molecule has 8 nitrogen and oxygen atoms in total. The molecular weight excluding hydrogens is 422 g/mol. The van der Waals surface area contributed by atoms with Gasteiger partial charge in [0.25, 0.3) is 0 Å². The predicted octanol–water partition coefficient (Wildman–Crippen LogP) is 4.31. The average Bonchev–Trinajstić information content (AvgIpc) is 3.22. The summed E-state index contributed by atoms with van der Waals surface area (Å²) in [6, 6.07) is 12.4. The maximum absolute atomic E-state index is 13.0. The number of hydrogen-bond acceptors (Lipinski definition) is 6. The Balaban J connectivity index is 1.57. The summed E-state index contributed by atoms with van der Waals surface area (Å²) >= 11 is 6.45. The lowest BCUT2D eigenvalue weighted by Crippen LogP contribution is -2.37. The number of amides is 2. The average molecular weight is 444 g/mol. The third-order valence-electron chi connectivity index (χ3n) is 4.87. The first-order valence-electron chi connectivity index (χ1n) is 9.65. The highest BCUT2D eigenvalue weighted by atomic mass is 35.5. The topological polar surface area (TPSA) is 82.2 Å². The van der Waals surface area contributed by atoms with Crippen LogP contribution in [0.4, 0.5) is 10.5 Å². The largest absolute Gasteiger partial charge is 0.497 e. The number of carbonyl (C=O) groups excluding carboxylic acids is 1. The standard InChI is InChI=1S/C22H22ClN3O5/c1-28-7-6-26(22(27)24-16-4-3-5-17(10-16)29-2)12-15-8-14-9-19-20(31-13-30-19)11-18(14)25-21(15)23/h3-5,8-11H,6-7,12-13H2,1-2H3,(H,24,27). The lowest BCUT2D eigenvalue weighted by Gasteiger charge is -2.23. The minimum absolute atomic E-state index is 0.182. The summed E-state index contributed by atoms with van der Waals surface area (Å²) in [5.41, 5.74) is 2.04. The highest BCUT2D eigenvalue weighted by molar-refractivity contribution is 6.30. The van der Waals surface area contributed by atoms with Crippen LogP contribution in [0.2, 0.25) is 5.15 Å². The third kappa shape index (κ3) is 4.76. The van der Waals surface area contributed by atoms with Gasteiger partial charge in [0.2, 0.25) is 6.79 Å². The summed E-state index contributed by atoms with van der Waals surface area (Å²) in [7, 11) is 3.17. The van der Waals surface area contributed by atoms with Crippen LogP contribution >= 0.6 is 11.6 Å². The van der Waals surface area contributed by atoms with Gasteiger partial charge in [-0.05, 0) is 24.3 Å². The van der Waals surface area contributed by atoms with Crippen molar-refractivity contribution in [3.63, 3.8) is 0 Å². The van der Waals surface area contributed by atoms with Crippen molar-refractivity contribution >= 4 is 34.2 Å². The molecule has 0 fully saturated rings. The van der Waals surface area contributed by atoms with E-state index in [0.717, 1.165) is 5.39 Å². The van der Waals surface area contributed by atoms with Crippen LogP contribution in [0.5, 0.6) is 17.2 Å². The normalized spacial score (nSPS) is 12.1. The fourth-order valence-corrected chi connectivity index (χ4v) is 3.46. The molecule has 2 heterocycles. The number of carbonyl (C=O) groups is 1. The van der Waals surface area contributed by atoms with E-state index in [2.05, 4.69) is 10.3 Å². The van der Waals surface area contributed by atoms with Gasteiger partial charge >= 0.3 is 6.03 Å². The Morgan fingerprint density at radius 1 is 1.19 bits per heavy atom. The summed E-state index contributed by atoms with van der Waals surface area (Å²) in [5, 5.41) is 4.06. The zero-order valence-electron chi connectivity index (χ0n) is 17.2. The molecule has 3 aromatic rings. The van der Waals surface area contributed by atoms with Gasteiger partial charge in [-0.25, -0.2) is 9.78 Å². The van der Waals surface area contributed by atoms with Gasteiger partial charge in [0, 0.05) is 42.4 Å². The van der Waals surface area contributed by atoms with Crippen molar-refractivity contribution in [1.82, 2.24) is 9.88 Å². The molecule has 31 heavy (non-hydrogen) atoms. The molecule has 0 aliphatic carbocycles. The fraction of sp³-hybridized carbons (Fsp3) is 0.273. The molecular formula is C22H22ClN3O5. The highest BCUT2D eigenvalue weighted by Crippen LogP contribution is 2.36. The van der Waals surface area contributed by atoms with Crippen molar-refractivity contribution in [2.45, 2.75) is 6.54 Å². The smallest absolute Gasteiger partial charge is 0.322 e. The van der Waals surface area contributed by atoms with E-state index in [1.807, 2.05) is 24.3 Å². The molecule has 4 rings (SSSR count). The van der Waals surface area contributed by atoms with Gasteiger partial charge in [0.1, 0.15) is 10.9 Å². The van der Waals surface area contributed by atoms with Crippen molar-refractivity contribution in [2.24, 2.45) is 0 Å². The molecule has 162 valence electrons. The molecule has 0 unspecified atom stereocenters. The Hall–Kier alpha value is -3.23. The molecule has 0 saturated carbocycles.